The highest BCUT2D eigenvalue weighted by molar-refractivity contribution is 7.89. The molecule has 32 heavy (non-hydrogen) atoms. The van der Waals surface area contributed by atoms with Crippen LogP contribution in [0, 0.1) is 0 Å². The van der Waals surface area contributed by atoms with Crippen LogP contribution in [0.4, 0.5) is 0 Å². The fourth-order valence-corrected chi connectivity index (χ4v) is 4.74. The van der Waals surface area contributed by atoms with Crippen LogP contribution in [0.25, 0.3) is 16.6 Å². The van der Waals surface area contributed by atoms with Crippen molar-refractivity contribution in [2.45, 2.75) is 11.3 Å². The minimum absolute atomic E-state index is 0.0514. The maximum Gasteiger partial charge on any atom is 0.240 e. The summed E-state index contributed by atoms with van der Waals surface area (Å²) in [6.45, 7) is -0.331. The topological polar surface area (TPSA) is 88.4 Å². The Labute approximate surface area is 190 Å². The van der Waals surface area contributed by atoms with E-state index in [9.17, 15) is 13.2 Å². The first-order valence-electron chi connectivity index (χ1n) is 9.98. The Hall–Kier alpha value is -2.97. The molecule has 0 aliphatic carbocycles. The molecular formula is C24H21ClN2O4S. The summed E-state index contributed by atoms with van der Waals surface area (Å²) in [5.41, 5.74) is 2.91. The molecule has 4 rings (SSSR count). The molecule has 2 N–H and O–H groups in total. The molecule has 0 unspecified atom stereocenters. The summed E-state index contributed by atoms with van der Waals surface area (Å²) in [6, 6.07) is 21.2. The fraction of sp³-hybridized carbons (Fsp3) is 0.125. The highest BCUT2D eigenvalue weighted by Gasteiger charge is 2.15. The third-order valence-corrected chi connectivity index (χ3v) is 6.82. The van der Waals surface area contributed by atoms with Gasteiger partial charge >= 0.3 is 0 Å². The number of fused-ring (bicyclic) bond motifs is 1. The van der Waals surface area contributed by atoms with E-state index in [1.54, 1.807) is 30.3 Å². The second-order valence-electron chi connectivity index (χ2n) is 7.29. The number of rotatable bonds is 7. The molecule has 0 saturated carbocycles. The number of benzene rings is 3. The first-order valence-corrected chi connectivity index (χ1v) is 11.8. The van der Waals surface area contributed by atoms with E-state index in [0.717, 1.165) is 11.3 Å². The Morgan fingerprint density at radius 1 is 0.969 bits per heavy atom. The standard InChI is InChI=1S/C24H21ClN2O4S/c25-19-8-11-22-23(15-19)27(20-4-2-1-3-5-20)16-18(24(22)29)14-17-6-9-21(10-7-17)32(30,31)26-12-13-28/h1-11,15-16,26,28H,12-14H2. The SMILES string of the molecule is O=c1c(Cc2ccc(S(=O)(=O)NCCO)cc2)cn(-c2ccccc2)c2cc(Cl)ccc12. The number of hydrogen-bond acceptors (Lipinski definition) is 4. The zero-order chi connectivity index (χ0) is 22.7. The molecule has 8 heteroatoms. The van der Waals surface area contributed by atoms with Crippen LogP contribution >= 0.6 is 11.6 Å². The van der Waals surface area contributed by atoms with Gasteiger partial charge < -0.3 is 9.67 Å². The van der Waals surface area contributed by atoms with E-state index in [2.05, 4.69) is 4.72 Å². The molecule has 0 bridgehead atoms. The van der Waals surface area contributed by atoms with E-state index in [1.165, 1.54) is 12.1 Å². The molecule has 164 valence electrons. The van der Waals surface area contributed by atoms with E-state index in [-0.39, 0.29) is 23.5 Å². The van der Waals surface area contributed by atoms with E-state index in [0.29, 0.717) is 27.9 Å². The predicted molar refractivity (Wildman–Crippen MR) is 126 cm³/mol. The molecule has 0 radical (unpaired) electrons. The van der Waals surface area contributed by atoms with Gasteiger partial charge in [0.25, 0.3) is 0 Å². The van der Waals surface area contributed by atoms with Crippen LogP contribution in [0.1, 0.15) is 11.1 Å². The van der Waals surface area contributed by atoms with Gasteiger partial charge in [-0.1, -0.05) is 41.9 Å². The highest BCUT2D eigenvalue weighted by atomic mass is 35.5. The molecule has 6 nitrogen and oxygen atoms in total. The Balaban J connectivity index is 1.75. The third-order valence-electron chi connectivity index (χ3n) is 5.11. The lowest BCUT2D eigenvalue weighted by Crippen LogP contribution is -2.26. The first-order chi connectivity index (χ1) is 15.4. The minimum Gasteiger partial charge on any atom is -0.395 e. The molecule has 0 aliphatic rings. The molecule has 1 heterocycles. The number of pyridine rings is 1. The van der Waals surface area contributed by atoms with Gasteiger partial charge in [-0.15, -0.1) is 0 Å². The van der Waals surface area contributed by atoms with Gasteiger partial charge in [-0.2, -0.15) is 0 Å². The number of halogens is 1. The van der Waals surface area contributed by atoms with Gasteiger partial charge in [0, 0.05) is 40.8 Å². The number of hydrogen-bond donors (Lipinski definition) is 2. The number of nitrogens with one attached hydrogen (secondary N) is 1. The average molecular weight is 469 g/mol. The zero-order valence-electron chi connectivity index (χ0n) is 17.0. The van der Waals surface area contributed by atoms with E-state index >= 15 is 0 Å². The van der Waals surface area contributed by atoms with E-state index < -0.39 is 10.0 Å². The highest BCUT2D eigenvalue weighted by Crippen LogP contribution is 2.22. The maximum atomic E-state index is 13.2. The molecule has 0 saturated heterocycles. The van der Waals surface area contributed by atoms with Crippen molar-refractivity contribution in [1.82, 2.24) is 9.29 Å². The van der Waals surface area contributed by atoms with E-state index in [1.807, 2.05) is 41.1 Å². The number of sulfonamides is 1. The second kappa shape index (κ2) is 9.26. The van der Waals surface area contributed by atoms with Gasteiger partial charge in [0.2, 0.25) is 10.0 Å². The minimum atomic E-state index is -3.68. The largest absolute Gasteiger partial charge is 0.395 e. The number of para-hydroxylation sites is 1. The number of aliphatic hydroxyl groups excluding tert-OH is 1. The van der Waals surface area contributed by atoms with Gasteiger partial charge in [-0.25, -0.2) is 13.1 Å². The van der Waals surface area contributed by atoms with Crippen molar-refractivity contribution in [3.05, 3.63) is 105 Å². The first kappa shape index (κ1) is 22.2. The molecule has 3 aromatic carbocycles. The number of nitrogens with zero attached hydrogens (tertiary/aromatic N) is 1. The summed E-state index contributed by atoms with van der Waals surface area (Å²) >= 11 is 6.20. The Bertz CT molecular complexity index is 1420. The van der Waals surface area contributed by atoms with Crippen molar-refractivity contribution in [2.75, 3.05) is 13.2 Å². The quantitative estimate of drug-likeness (QED) is 0.434. The van der Waals surface area contributed by atoms with E-state index in [4.69, 9.17) is 16.7 Å². The van der Waals surface area contributed by atoms with Crippen LogP contribution in [-0.4, -0.2) is 31.2 Å². The van der Waals surface area contributed by atoms with Gasteiger partial charge in [0.1, 0.15) is 0 Å². The normalized spacial score (nSPS) is 11.7. The Morgan fingerprint density at radius 3 is 2.38 bits per heavy atom. The van der Waals surface area contributed by atoms with Crippen LogP contribution in [0.2, 0.25) is 5.02 Å². The molecule has 0 amide bonds. The summed E-state index contributed by atoms with van der Waals surface area (Å²) in [6.07, 6.45) is 2.15. The summed E-state index contributed by atoms with van der Waals surface area (Å²) in [5, 5.41) is 9.94. The van der Waals surface area contributed by atoms with Gasteiger partial charge in [-0.3, -0.25) is 4.79 Å². The zero-order valence-corrected chi connectivity index (χ0v) is 18.6. The van der Waals surface area contributed by atoms with Crippen LogP contribution in [0.3, 0.4) is 0 Å². The lowest BCUT2D eigenvalue weighted by atomic mass is 10.0. The Morgan fingerprint density at radius 2 is 1.69 bits per heavy atom. The summed E-state index contributed by atoms with van der Waals surface area (Å²) in [7, 11) is -3.68. The molecule has 0 aliphatic heterocycles. The molecule has 0 fully saturated rings. The third kappa shape index (κ3) is 4.61. The smallest absolute Gasteiger partial charge is 0.240 e. The lowest BCUT2D eigenvalue weighted by molar-refractivity contribution is 0.301. The Kier molecular flexibility index (Phi) is 6.43. The molecule has 4 aromatic rings. The molecule has 0 spiro atoms. The predicted octanol–water partition coefficient (Wildman–Crippen LogP) is 3.51. The number of aromatic nitrogens is 1. The summed E-state index contributed by atoms with van der Waals surface area (Å²) < 4.78 is 28.7. The van der Waals surface area contributed by atoms with Crippen LogP contribution in [-0.2, 0) is 16.4 Å². The van der Waals surface area contributed by atoms with Crippen molar-refractivity contribution >= 4 is 32.5 Å². The summed E-state index contributed by atoms with van der Waals surface area (Å²) in [4.78, 5) is 13.3. The van der Waals surface area contributed by atoms with Crippen molar-refractivity contribution in [2.24, 2.45) is 0 Å². The monoisotopic (exact) mass is 468 g/mol. The van der Waals surface area contributed by atoms with Gasteiger partial charge in [0.15, 0.2) is 5.43 Å². The van der Waals surface area contributed by atoms with Crippen molar-refractivity contribution in [3.8, 4) is 5.69 Å². The van der Waals surface area contributed by atoms with Crippen molar-refractivity contribution in [1.29, 1.82) is 0 Å². The molecular weight excluding hydrogens is 448 g/mol. The van der Waals surface area contributed by atoms with Crippen LogP contribution in [0.5, 0.6) is 0 Å². The number of aliphatic hydroxyl groups is 1. The maximum absolute atomic E-state index is 13.2. The average Bonchev–Trinajstić information content (AvgIpc) is 2.80. The van der Waals surface area contributed by atoms with Crippen molar-refractivity contribution in [3.63, 3.8) is 0 Å². The van der Waals surface area contributed by atoms with Gasteiger partial charge in [0.05, 0.1) is 17.0 Å². The van der Waals surface area contributed by atoms with Crippen LogP contribution in [0.15, 0.2) is 88.7 Å². The second-order valence-corrected chi connectivity index (χ2v) is 9.50. The fourth-order valence-electron chi connectivity index (χ4n) is 3.55. The lowest BCUT2D eigenvalue weighted by Gasteiger charge is -2.14. The van der Waals surface area contributed by atoms with Crippen LogP contribution < -0.4 is 10.2 Å². The van der Waals surface area contributed by atoms with Gasteiger partial charge in [-0.05, 0) is 48.0 Å². The molecule has 1 aromatic heterocycles. The van der Waals surface area contributed by atoms with Crippen molar-refractivity contribution < 1.29 is 13.5 Å². The molecule has 0 atom stereocenters. The summed E-state index contributed by atoms with van der Waals surface area (Å²) in [5.74, 6) is 0.